The van der Waals surface area contributed by atoms with Crippen molar-refractivity contribution in [2.75, 3.05) is 0 Å². The molecule has 4 nitrogen and oxygen atoms in total. The van der Waals surface area contributed by atoms with Gasteiger partial charge in [0.1, 0.15) is 0 Å². The van der Waals surface area contributed by atoms with Crippen LogP contribution in [0.25, 0.3) is 0 Å². The number of amides is 2. The molecule has 1 saturated heterocycles. The number of aliphatic hydroxyl groups excluding tert-OH is 1. The van der Waals surface area contributed by atoms with Crippen molar-refractivity contribution in [2.24, 2.45) is 23.2 Å². The molecule has 0 aromatic heterocycles. The van der Waals surface area contributed by atoms with Crippen molar-refractivity contribution in [2.45, 2.75) is 83.8 Å². The molecule has 0 bridgehead atoms. The van der Waals surface area contributed by atoms with Crippen molar-refractivity contribution in [3.05, 3.63) is 47.0 Å². The van der Waals surface area contributed by atoms with Gasteiger partial charge in [0.2, 0.25) is 5.91 Å². The van der Waals surface area contributed by atoms with Crippen molar-refractivity contribution >= 4 is 11.8 Å². The Kier molecular flexibility index (Phi) is 4.93. The quantitative estimate of drug-likeness (QED) is 0.510. The molecule has 1 aromatic carbocycles. The van der Waals surface area contributed by atoms with Gasteiger partial charge in [-0.2, -0.15) is 0 Å². The first-order chi connectivity index (χ1) is 14.7. The number of imide groups is 1. The van der Waals surface area contributed by atoms with Crippen molar-refractivity contribution < 1.29 is 14.7 Å². The number of fused-ring (bicyclic) bond motifs is 5. The summed E-state index contributed by atoms with van der Waals surface area (Å²) < 4.78 is 0. The summed E-state index contributed by atoms with van der Waals surface area (Å²) >= 11 is 0. The van der Waals surface area contributed by atoms with Gasteiger partial charge < -0.3 is 5.11 Å². The number of likely N-dealkylation sites (tertiary alicyclic amines) is 1. The van der Waals surface area contributed by atoms with Crippen LogP contribution in [0.4, 0.5) is 0 Å². The van der Waals surface area contributed by atoms with E-state index in [0.29, 0.717) is 29.7 Å². The van der Waals surface area contributed by atoms with Crippen molar-refractivity contribution in [3.8, 4) is 0 Å². The number of carbonyl (C=O) groups excluding carboxylic acids is 2. The first-order valence-corrected chi connectivity index (χ1v) is 12.1. The van der Waals surface area contributed by atoms with E-state index >= 15 is 0 Å². The molecule has 4 aliphatic rings. The van der Waals surface area contributed by atoms with E-state index < -0.39 is 5.54 Å². The summed E-state index contributed by atoms with van der Waals surface area (Å²) in [5.41, 5.74) is 2.87. The van der Waals surface area contributed by atoms with Gasteiger partial charge in [-0.1, -0.05) is 36.3 Å². The molecule has 0 spiro atoms. The molecule has 2 amide bonds. The molecule has 1 heterocycles. The third-order valence-electron chi connectivity index (χ3n) is 9.33. The SMILES string of the molecule is Cc1cccc(C(=O)N2C(=O)CC[C@H]3[C@@H]4CC=C5C[C@@H](O)CC[C@]5(C)[C@H]4CC[C@@]32C)c1. The number of carbonyl (C=O) groups is 2. The average Bonchev–Trinajstić information content (AvgIpc) is 2.73. The van der Waals surface area contributed by atoms with Crippen LogP contribution in [0, 0.1) is 30.1 Å². The maximum Gasteiger partial charge on any atom is 0.260 e. The number of aliphatic hydroxyl groups is 1. The Morgan fingerprint density at radius 1 is 1.13 bits per heavy atom. The van der Waals surface area contributed by atoms with Crippen LogP contribution >= 0.6 is 0 Å². The summed E-state index contributed by atoms with van der Waals surface area (Å²) in [6.45, 7) is 6.57. The lowest BCUT2D eigenvalue weighted by Gasteiger charge is -2.61. The van der Waals surface area contributed by atoms with E-state index in [1.807, 2.05) is 31.2 Å². The van der Waals surface area contributed by atoms with Gasteiger partial charge in [-0.15, -0.1) is 0 Å². The first kappa shape index (κ1) is 20.9. The molecule has 2 saturated carbocycles. The van der Waals surface area contributed by atoms with Crippen LogP contribution in [0.5, 0.6) is 0 Å². The topological polar surface area (TPSA) is 57.6 Å². The standard InChI is InChI=1S/C27H35NO3/c1-17-5-4-6-18(15-17)25(31)28-24(30)10-9-23-21-8-7-19-16-20(29)11-13-26(19,2)22(21)12-14-27(23,28)3/h4-7,15,20-23,29H,8-14,16H2,1-3H3/t20-,21+,22-,23-,26-,27-/m0/s1. The molecule has 0 radical (unpaired) electrons. The van der Waals surface area contributed by atoms with Crippen LogP contribution in [0.2, 0.25) is 0 Å². The van der Waals surface area contributed by atoms with Gasteiger partial charge >= 0.3 is 0 Å². The fraction of sp³-hybridized carbons (Fsp3) is 0.630. The number of allylic oxidation sites excluding steroid dienone is 1. The summed E-state index contributed by atoms with van der Waals surface area (Å²) in [5.74, 6) is 1.30. The minimum Gasteiger partial charge on any atom is -0.393 e. The molecule has 5 rings (SSSR count). The summed E-state index contributed by atoms with van der Waals surface area (Å²) in [4.78, 5) is 28.3. The predicted molar refractivity (Wildman–Crippen MR) is 120 cm³/mol. The van der Waals surface area contributed by atoms with Gasteiger partial charge in [0.15, 0.2) is 0 Å². The van der Waals surface area contributed by atoms with Gasteiger partial charge in [-0.25, -0.2) is 0 Å². The van der Waals surface area contributed by atoms with Crippen molar-refractivity contribution in [1.29, 1.82) is 0 Å². The molecule has 4 heteroatoms. The molecule has 166 valence electrons. The third-order valence-corrected chi connectivity index (χ3v) is 9.33. The summed E-state index contributed by atoms with van der Waals surface area (Å²) in [6.07, 6.45) is 9.26. The monoisotopic (exact) mass is 421 g/mol. The van der Waals surface area contributed by atoms with E-state index in [9.17, 15) is 14.7 Å². The van der Waals surface area contributed by atoms with Crippen LogP contribution < -0.4 is 0 Å². The van der Waals surface area contributed by atoms with E-state index in [-0.39, 0.29) is 23.3 Å². The van der Waals surface area contributed by atoms with Crippen LogP contribution in [0.15, 0.2) is 35.9 Å². The smallest absolute Gasteiger partial charge is 0.260 e. The molecular weight excluding hydrogens is 386 g/mol. The number of piperidine rings is 1. The minimum absolute atomic E-state index is 0.0113. The summed E-state index contributed by atoms with van der Waals surface area (Å²) in [5, 5.41) is 10.2. The average molecular weight is 422 g/mol. The zero-order valence-electron chi connectivity index (χ0n) is 19.1. The Bertz CT molecular complexity index is 952. The second-order valence-corrected chi connectivity index (χ2v) is 11.0. The minimum atomic E-state index is -0.410. The van der Waals surface area contributed by atoms with Crippen LogP contribution in [0.1, 0.15) is 81.1 Å². The molecular formula is C27H35NO3. The highest BCUT2D eigenvalue weighted by Gasteiger charge is 2.59. The van der Waals surface area contributed by atoms with E-state index in [4.69, 9.17) is 0 Å². The number of hydrogen-bond acceptors (Lipinski definition) is 3. The maximum absolute atomic E-state index is 13.6. The van der Waals surface area contributed by atoms with E-state index in [0.717, 1.165) is 50.5 Å². The Labute approximate surface area is 185 Å². The maximum atomic E-state index is 13.6. The van der Waals surface area contributed by atoms with Crippen LogP contribution in [-0.2, 0) is 4.79 Å². The number of benzene rings is 1. The molecule has 1 aliphatic heterocycles. The fourth-order valence-corrected chi connectivity index (χ4v) is 7.67. The van der Waals surface area contributed by atoms with E-state index in [2.05, 4.69) is 19.9 Å². The molecule has 3 fully saturated rings. The zero-order chi connectivity index (χ0) is 22.0. The second kappa shape index (κ2) is 7.30. The molecule has 31 heavy (non-hydrogen) atoms. The van der Waals surface area contributed by atoms with Gasteiger partial charge in [-0.05, 0) is 94.1 Å². The van der Waals surface area contributed by atoms with Crippen molar-refractivity contribution in [1.82, 2.24) is 4.90 Å². The highest BCUT2D eigenvalue weighted by Crippen LogP contribution is 2.61. The molecule has 6 atom stereocenters. The lowest BCUT2D eigenvalue weighted by atomic mass is 9.48. The predicted octanol–water partition coefficient (Wildman–Crippen LogP) is 5.04. The van der Waals surface area contributed by atoms with E-state index in [1.54, 1.807) is 4.90 Å². The normalized spacial score (nSPS) is 39.8. The Hall–Kier alpha value is -1.94. The Morgan fingerprint density at radius 2 is 1.94 bits per heavy atom. The van der Waals surface area contributed by atoms with Crippen molar-refractivity contribution in [3.63, 3.8) is 0 Å². The summed E-state index contributed by atoms with van der Waals surface area (Å²) in [6, 6.07) is 7.63. The lowest BCUT2D eigenvalue weighted by molar-refractivity contribution is -0.150. The van der Waals surface area contributed by atoms with Crippen LogP contribution in [-0.4, -0.2) is 33.5 Å². The number of aryl methyl sites for hydroxylation is 1. The van der Waals surface area contributed by atoms with E-state index in [1.165, 1.54) is 5.57 Å². The highest BCUT2D eigenvalue weighted by molar-refractivity contribution is 6.06. The van der Waals surface area contributed by atoms with Gasteiger partial charge in [0, 0.05) is 12.0 Å². The molecule has 3 aliphatic carbocycles. The van der Waals surface area contributed by atoms with Crippen LogP contribution in [0.3, 0.4) is 0 Å². The van der Waals surface area contributed by atoms with Gasteiger partial charge in [-0.3, -0.25) is 14.5 Å². The first-order valence-electron chi connectivity index (χ1n) is 12.1. The van der Waals surface area contributed by atoms with Gasteiger partial charge in [0.05, 0.1) is 11.6 Å². The Balaban J connectivity index is 1.49. The molecule has 1 N–H and O–H groups in total. The van der Waals surface area contributed by atoms with Gasteiger partial charge in [0.25, 0.3) is 5.91 Å². The largest absolute Gasteiger partial charge is 0.393 e. The molecule has 0 unspecified atom stereocenters. The summed E-state index contributed by atoms with van der Waals surface area (Å²) in [7, 11) is 0. The number of rotatable bonds is 1. The zero-order valence-corrected chi connectivity index (χ0v) is 19.1. The fourth-order valence-electron chi connectivity index (χ4n) is 7.67. The number of hydrogen-bond donors (Lipinski definition) is 1. The second-order valence-electron chi connectivity index (χ2n) is 11.0. The number of nitrogens with zero attached hydrogens (tertiary/aromatic N) is 1. The third kappa shape index (κ3) is 3.13. The highest BCUT2D eigenvalue weighted by atomic mass is 16.3. The lowest BCUT2D eigenvalue weighted by Crippen LogP contribution is -2.65. The Morgan fingerprint density at radius 3 is 2.71 bits per heavy atom. The molecule has 1 aromatic rings.